The highest BCUT2D eigenvalue weighted by molar-refractivity contribution is 5.60. The second kappa shape index (κ2) is 29.2. The third-order valence-corrected chi connectivity index (χ3v) is 12.4. The molecule has 0 spiro atoms. The number of aryl methyl sites for hydroxylation is 2. The van der Waals surface area contributed by atoms with Crippen LogP contribution in [0.4, 0.5) is 9.59 Å². The summed E-state index contributed by atoms with van der Waals surface area (Å²) in [6.07, 6.45) is 25.9. The summed E-state index contributed by atoms with van der Waals surface area (Å²) in [7, 11) is 0. The van der Waals surface area contributed by atoms with E-state index in [4.69, 9.17) is 18.9 Å². The van der Waals surface area contributed by atoms with Crippen LogP contribution in [0.3, 0.4) is 0 Å². The lowest BCUT2D eigenvalue weighted by atomic mass is 9.78. The van der Waals surface area contributed by atoms with E-state index < -0.39 is 23.5 Å². The third kappa shape index (κ3) is 19.9. The van der Waals surface area contributed by atoms with Crippen LogP contribution in [-0.4, -0.2) is 47.9 Å². The molecule has 2 fully saturated rings. The molecule has 2 N–H and O–H groups in total. The Kier molecular flexibility index (Phi) is 24.9. The summed E-state index contributed by atoms with van der Waals surface area (Å²) < 4.78 is 21.3. The molecule has 2 aliphatic carbocycles. The van der Waals surface area contributed by atoms with Crippen molar-refractivity contribution >= 4 is 12.3 Å². The van der Waals surface area contributed by atoms with Gasteiger partial charge in [0.1, 0.15) is 12.2 Å². The van der Waals surface area contributed by atoms with Gasteiger partial charge in [-0.3, -0.25) is 0 Å². The summed E-state index contributed by atoms with van der Waals surface area (Å²) in [4.78, 5) is 23.8. The molecular formula is C51H82O8. The number of unbranched alkanes of at least 4 members (excludes halogenated alkanes) is 13. The maximum atomic E-state index is 11.9. The van der Waals surface area contributed by atoms with Crippen molar-refractivity contribution in [1.82, 2.24) is 0 Å². The maximum Gasteiger partial charge on any atom is 0.508 e. The SMILES string of the molecule is CCCCCCCCOC(=O)OC1CCC(O)(c2ccc(CCCCC)cc2)CC1.CCCCCCCOC(=O)OC1CCC(O)(c2ccc(CCCCC)cc2)CC1. The monoisotopic (exact) mass is 823 g/mol. The van der Waals surface area contributed by atoms with Gasteiger partial charge >= 0.3 is 12.3 Å². The van der Waals surface area contributed by atoms with Crippen LogP contribution in [0.2, 0.25) is 0 Å². The Bertz CT molecular complexity index is 1370. The van der Waals surface area contributed by atoms with Gasteiger partial charge < -0.3 is 29.2 Å². The molecule has 0 radical (unpaired) electrons. The summed E-state index contributed by atoms with van der Waals surface area (Å²) in [5.41, 5.74) is 2.99. The molecule has 0 amide bonds. The first-order chi connectivity index (χ1) is 28.6. The van der Waals surface area contributed by atoms with E-state index in [1.54, 1.807) is 0 Å². The zero-order valence-electron chi connectivity index (χ0n) is 37.6. The fraction of sp³-hybridized carbons (Fsp3) is 0.725. The standard InChI is InChI=1S/C26H42O4.C25H40O4/c1-3-5-7-8-9-11-21-29-25(27)30-24-17-19-26(28,20-18-24)23-15-13-22(14-16-23)12-10-6-4-2;1-3-5-7-8-10-20-28-24(26)29-23-16-18-25(27,19-17-23)22-14-12-21(13-15-22)11-9-6-4-2/h13-16,24,28H,3-12,17-21H2,1-2H3;12-15,23,27H,3-11,16-20H2,1-2H3. The van der Waals surface area contributed by atoms with Crippen LogP contribution in [0.25, 0.3) is 0 Å². The molecule has 4 rings (SSSR count). The van der Waals surface area contributed by atoms with Crippen LogP contribution < -0.4 is 0 Å². The van der Waals surface area contributed by atoms with Crippen LogP contribution in [0.1, 0.15) is 210 Å². The van der Waals surface area contributed by atoms with Gasteiger partial charge in [0.05, 0.1) is 24.4 Å². The predicted molar refractivity (Wildman–Crippen MR) is 239 cm³/mol. The largest absolute Gasteiger partial charge is 0.508 e. The van der Waals surface area contributed by atoms with Crippen LogP contribution >= 0.6 is 0 Å². The van der Waals surface area contributed by atoms with Crippen LogP contribution in [-0.2, 0) is 43.0 Å². The zero-order valence-corrected chi connectivity index (χ0v) is 37.6. The van der Waals surface area contributed by atoms with Gasteiger partial charge in [-0.1, -0.05) is 160 Å². The Hall–Kier alpha value is -3.10. The van der Waals surface area contributed by atoms with Crippen LogP contribution in [0, 0.1) is 0 Å². The van der Waals surface area contributed by atoms with E-state index in [1.165, 1.54) is 94.6 Å². The molecule has 59 heavy (non-hydrogen) atoms. The lowest BCUT2D eigenvalue weighted by Gasteiger charge is -2.36. The average Bonchev–Trinajstić information content (AvgIpc) is 3.24. The number of aliphatic hydroxyl groups is 2. The smallest absolute Gasteiger partial charge is 0.434 e. The fourth-order valence-electron chi connectivity index (χ4n) is 8.31. The highest BCUT2D eigenvalue weighted by Gasteiger charge is 2.37. The van der Waals surface area contributed by atoms with Crippen molar-refractivity contribution in [1.29, 1.82) is 0 Å². The number of hydrogen-bond acceptors (Lipinski definition) is 8. The molecule has 2 aromatic rings. The summed E-state index contributed by atoms with van der Waals surface area (Å²) in [5.74, 6) is 0. The quantitative estimate of drug-likeness (QED) is 0.0752. The number of carbonyl (C=O) groups excluding carboxylic acids is 2. The van der Waals surface area contributed by atoms with E-state index in [0.29, 0.717) is 64.6 Å². The molecule has 334 valence electrons. The molecule has 0 saturated heterocycles. The molecule has 8 nitrogen and oxygen atoms in total. The molecule has 0 bridgehead atoms. The molecule has 0 aromatic heterocycles. The number of ether oxygens (including phenoxy) is 4. The van der Waals surface area contributed by atoms with Crippen molar-refractivity contribution in [2.45, 2.75) is 224 Å². The zero-order chi connectivity index (χ0) is 42.6. The van der Waals surface area contributed by atoms with Crippen molar-refractivity contribution in [3.05, 3.63) is 70.8 Å². The lowest BCUT2D eigenvalue weighted by molar-refractivity contribution is -0.0538. The van der Waals surface area contributed by atoms with Crippen molar-refractivity contribution in [3.8, 4) is 0 Å². The van der Waals surface area contributed by atoms with Crippen molar-refractivity contribution in [3.63, 3.8) is 0 Å². The summed E-state index contributed by atoms with van der Waals surface area (Å²) in [5, 5.41) is 22.2. The second-order valence-electron chi connectivity index (χ2n) is 17.4. The first kappa shape index (κ1) is 50.3. The first-order valence-corrected chi connectivity index (χ1v) is 23.9. The number of benzene rings is 2. The highest BCUT2D eigenvalue weighted by atomic mass is 16.7. The van der Waals surface area contributed by atoms with Crippen molar-refractivity contribution in [2.75, 3.05) is 13.2 Å². The van der Waals surface area contributed by atoms with Gasteiger partial charge in [0.15, 0.2) is 0 Å². The van der Waals surface area contributed by atoms with E-state index in [1.807, 2.05) is 0 Å². The van der Waals surface area contributed by atoms with Gasteiger partial charge in [-0.15, -0.1) is 0 Å². The first-order valence-electron chi connectivity index (χ1n) is 23.9. The number of hydrogen-bond donors (Lipinski definition) is 2. The Labute approximate surface area is 358 Å². The van der Waals surface area contributed by atoms with Gasteiger partial charge in [-0.25, -0.2) is 9.59 Å². The minimum absolute atomic E-state index is 0.156. The Morgan fingerprint density at radius 1 is 0.475 bits per heavy atom. The number of carbonyl (C=O) groups is 2. The van der Waals surface area contributed by atoms with Gasteiger partial charge in [-0.2, -0.15) is 0 Å². The fourth-order valence-corrected chi connectivity index (χ4v) is 8.31. The van der Waals surface area contributed by atoms with Gasteiger partial charge in [0.25, 0.3) is 0 Å². The van der Waals surface area contributed by atoms with E-state index in [9.17, 15) is 19.8 Å². The maximum absolute atomic E-state index is 11.9. The van der Waals surface area contributed by atoms with Crippen LogP contribution in [0.5, 0.6) is 0 Å². The average molecular weight is 823 g/mol. The van der Waals surface area contributed by atoms with Crippen LogP contribution in [0.15, 0.2) is 48.5 Å². The van der Waals surface area contributed by atoms with Gasteiger partial charge in [-0.05, 0) is 112 Å². The molecule has 0 heterocycles. The minimum Gasteiger partial charge on any atom is -0.434 e. The third-order valence-electron chi connectivity index (χ3n) is 12.4. The summed E-state index contributed by atoms with van der Waals surface area (Å²) in [6.45, 7) is 9.69. The lowest BCUT2D eigenvalue weighted by Crippen LogP contribution is -2.35. The molecule has 2 aliphatic rings. The van der Waals surface area contributed by atoms with Gasteiger partial charge in [0.2, 0.25) is 0 Å². The molecule has 2 saturated carbocycles. The van der Waals surface area contributed by atoms with Crippen molar-refractivity contribution < 1.29 is 38.7 Å². The number of rotatable bonds is 25. The summed E-state index contributed by atoms with van der Waals surface area (Å²) >= 11 is 0. The topological polar surface area (TPSA) is 112 Å². The Balaban J connectivity index is 0.000000316. The van der Waals surface area contributed by atoms with E-state index in [2.05, 4.69) is 76.2 Å². The van der Waals surface area contributed by atoms with E-state index in [-0.39, 0.29) is 12.2 Å². The normalized spacial score (nSPS) is 21.5. The van der Waals surface area contributed by atoms with E-state index in [0.717, 1.165) is 49.7 Å². The Morgan fingerprint density at radius 3 is 1.12 bits per heavy atom. The molecule has 0 atom stereocenters. The minimum atomic E-state index is -0.815. The molecule has 0 unspecified atom stereocenters. The molecule has 2 aromatic carbocycles. The van der Waals surface area contributed by atoms with E-state index >= 15 is 0 Å². The molecular weight excluding hydrogens is 741 g/mol. The Morgan fingerprint density at radius 2 is 0.780 bits per heavy atom. The van der Waals surface area contributed by atoms with Gasteiger partial charge in [0, 0.05) is 0 Å². The predicted octanol–water partition coefficient (Wildman–Crippen LogP) is 13.7. The molecule has 0 aliphatic heterocycles. The summed E-state index contributed by atoms with van der Waals surface area (Å²) in [6, 6.07) is 16.8. The molecule has 8 heteroatoms. The second-order valence-corrected chi connectivity index (χ2v) is 17.4. The van der Waals surface area contributed by atoms with Crippen molar-refractivity contribution in [2.24, 2.45) is 0 Å². The highest BCUT2D eigenvalue weighted by Crippen LogP contribution is 2.39.